The minimum atomic E-state index is -0.490. The van der Waals surface area contributed by atoms with Crippen LogP contribution in [-0.4, -0.2) is 22.9 Å². The highest BCUT2D eigenvalue weighted by Crippen LogP contribution is 2.30. The predicted molar refractivity (Wildman–Crippen MR) is 81.4 cm³/mol. The van der Waals surface area contributed by atoms with Crippen molar-refractivity contribution in [3.05, 3.63) is 45.7 Å². The maximum atomic E-state index is 11.8. The summed E-state index contributed by atoms with van der Waals surface area (Å²) >= 11 is 3.43. The molecule has 1 heterocycles. The van der Waals surface area contributed by atoms with E-state index in [0.717, 1.165) is 11.4 Å². The van der Waals surface area contributed by atoms with Crippen LogP contribution in [0.5, 0.6) is 0 Å². The summed E-state index contributed by atoms with van der Waals surface area (Å²) in [5, 5.41) is 13.2. The van der Waals surface area contributed by atoms with Crippen molar-refractivity contribution in [3.63, 3.8) is 0 Å². The van der Waals surface area contributed by atoms with Gasteiger partial charge in [-0.25, -0.2) is 9.48 Å². The second-order valence-electron chi connectivity index (χ2n) is 4.76. The van der Waals surface area contributed by atoms with Gasteiger partial charge in [0.1, 0.15) is 0 Å². The molecular weight excluding hydrogens is 334 g/mol. The third kappa shape index (κ3) is 2.83. The van der Waals surface area contributed by atoms with Crippen LogP contribution in [0.3, 0.4) is 0 Å². The average Bonchev–Trinajstić information content (AvgIpc) is 2.84. The lowest BCUT2D eigenvalue weighted by Crippen LogP contribution is -2.05. The van der Waals surface area contributed by atoms with Crippen molar-refractivity contribution in [1.82, 2.24) is 9.78 Å². The second-order valence-corrected chi connectivity index (χ2v) is 5.56. The van der Waals surface area contributed by atoms with E-state index in [9.17, 15) is 4.79 Å². The van der Waals surface area contributed by atoms with E-state index in [2.05, 4.69) is 27.1 Å². The number of aromatic nitrogens is 2. The van der Waals surface area contributed by atoms with Crippen LogP contribution in [0.15, 0.2) is 28.7 Å². The Labute approximate surface area is 131 Å². The van der Waals surface area contributed by atoms with E-state index in [1.54, 1.807) is 28.9 Å². The Balaban J connectivity index is 2.61. The number of benzene rings is 1. The summed E-state index contributed by atoms with van der Waals surface area (Å²) in [6, 6.07) is 9.10. The van der Waals surface area contributed by atoms with Gasteiger partial charge in [-0.15, -0.1) is 0 Å². The van der Waals surface area contributed by atoms with Gasteiger partial charge in [-0.3, -0.25) is 0 Å². The van der Waals surface area contributed by atoms with Gasteiger partial charge in [-0.2, -0.15) is 10.4 Å². The smallest absolute Gasteiger partial charge is 0.359 e. The molecule has 0 amide bonds. The number of ether oxygens (including phenoxy) is 1. The number of hydrogen-bond donors (Lipinski definition) is 0. The predicted octanol–water partition coefficient (Wildman–Crippen LogP) is 3.42. The summed E-state index contributed by atoms with van der Waals surface area (Å²) in [5.41, 5.74) is 2.48. The van der Waals surface area contributed by atoms with E-state index in [4.69, 9.17) is 10.00 Å². The van der Waals surface area contributed by atoms with Crippen LogP contribution in [0.1, 0.15) is 41.5 Å². The van der Waals surface area contributed by atoms with Gasteiger partial charge in [-0.1, -0.05) is 13.8 Å². The van der Waals surface area contributed by atoms with E-state index >= 15 is 0 Å². The first-order valence-electron chi connectivity index (χ1n) is 6.36. The van der Waals surface area contributed by atoms with E-state index in [0.29, 0.717) is 10.0 Å². The number of nitriles is 1. The third-order valence-corrected chi connectivity index (χ3v) is 3.81. The van der Waals surface area contributed by atoms with Gasteiger partial charge < -0.3 is 4.74 Å². The molecule has 0 fully saturated rings. The Kier molecular flexibility index (Phi) is 4.43. The number of rotatable bonds is 3. The summed E-state index contributed by atoms with van der Waals surface area (Å²) in [5.74, 6) is -0.336. The zero-order valence-corrected chi connectivity index (χ0v) is 13.5. The zero-order valence-electron chi connectivity index (χ0n) is 11.9. The first-order valence-corrected chi connectivity index (χ1v) is 7.16. The lowest BCUT2D eigenvalue weighted by molar-refractivity contribution is 0.0592. The molecule has 0 bridgehead atoms. The molecule has 1 aromatic carbocycles. The number of hydrogen-bond acceptors (Lipinski definition) is 4. The Morgan fingerprint density at radius 2 is 2.00 bits per heavy atom. The second kappa shape index (κ2) is 6.10. The van der Waals surface area contributed by atoms with E-state index < -0.39 is 5.97 Å². The normalized spacial score (nSPS) is 10.5. The minimum absolute atomic E-state index is 0.154. The molecule has 5 nitrogen and oxygen atoms in total. The molecule has 2 aromatic rings. The molecule has 0 N–H and O–H groups in total. The monoisotopic (exact) mass is 347 g/mol. The standard InChI is InChI=1S/C15H14BrN3O2/c1-9(2)14-12(16)13(15(20)21-3)18-19(14)11-6-4-10(8-17)5-7-11/h4-7,9H,1-3H3. The molecule has 108 valence electrons. The molecule has 1 aromatic heterocycles. The molecule has 0 aliphatic carbocycles. The van der Waals surface area contributed by atoms with Crippen LogP contribution in [0.25, 0.3) is 5.69 Å². The molecule has 0 saturated heterocycles. The summed E-state index contributed by atoms with van der Waals surface area (Å²) in [4.78, 5) is 11.8. The number of carbonyl (C=O) groups excluding carboxylic acids is 1. The van der Waals surface area contributed by atoms with E-state index in [1.165, 1.54) is 7.11 Å². The molecule has 6 heteroatoms. The molecule has 2 rings (SSSR count). The Morgan fingerprint density at radius 1 is 1.38 bits per heavy atom. The fourth-order valence-electron chi connectivity index (χ4n) is 2.01. The number of methoxy groups -OCH3 is 1. The highest BCUT2D eigenvalue weighted by Gasteiger charge is 2.24. The molecular formula is C15H14BrN3O2. The first kappa shape index (κ1) is 15.3. The summed E-state index contributed by atoms with van der Waals surface area (Å²) in [7, 11) is 1.32. The van der Waals surface area contributed by atoms with Gasteiger partial charge in [0.25, 0.3) is 0 Å². The van der Waals surface area contributed by atoms with Gasteiger partial charge in [0.15, 0.2) is 5.69 Å². The van der Waals surface area contributed by atoms with Crippen LogP contribution >= 0.6 is 15.9 Å². The molecule has 0 radical (unpaired) electrons. The lowest BCUT2D eigenvalue weighted by Gasteiger charge is -2.10. The zero-order chi connectivity index (χ0) is 15.6. The topological polar surface area (TPSA) is 67.9 Å². The average molecular weight is 348 g/mol. The van der Waals surface area contributed by atoms with Crippen LogP contribution in [0.2, 0.25) is 0 Å². The Bertz CT molecular complexity index is 712. The van der Waals surface area contributed by atoms with Crippen LogP contribution < -0.4 is 0 Å². The van der Waals surface area contributed by atoms with Crippen molar-refractivity contribution in [2.24, 2.45) is 0 Å². The summed E-state index contributed by atoms with van der Waals surface area (Å²) in [6.07, 6.45) is 0. The molecule has 21 heavy (non-hydrogen) atoms. The fraction of sp³-hybridized carbons (Fsp3) is 0.267. The van der Waals surface area contributed by atoms with Crippen molar-refractivity contribution in [2.45, 2.75) is 19.8 Å². The SMILES string of the molecule is COC(=O)c1nn(-c2ccc(C#N)cc2)c(C(C)C)c1Br. The minimum Gasteiger partial charge on any atom is -0.464 e. The van der Waals surface area contributed by atoms with Gasteiger partial charge in [0.05, 0.1) is 34.6 Å². The molecule has 0 saturated carbocycles. The number of halogens is 1. The van der Waals surface area contributed by atoms with Crippen LogP contribution in [0.4, 0.5) is 0 Å². The largest absolute Gasteiger partial charge is 0.464 e. The maximum absolute atomic E-state index is 11.8. The number of nitrogens with zero attached hydrogens (tertiary/aromatic N) is 3. The Hall–Kier alpha value is -2.13. The van der Waals surface area contributed by atoms with Crippen molar-refractivity contribution < 1.29 is 9.53 Å². The number of carbonyl (C=O) groups is 1. The van der Waals surface area contributed by atoms with Crippen LogP contribution in [-0.2, 0) is 4.74 Å². The van der Waals surface area contributed by atoms with Crippen molar-refractivity contribution >= 4 is 21.9 Å². The fourth-order valence-corrected chi connectivity index (χ4v) is 2.88. The molecule has 0 atom stereocenters. The summed E-state index contributed by atoms with van der Waals surface area (Å²) < 4.78 is 7.08. The first-order chi connectivity index (χ1) is 9.99. The Morgan fingerprint density at radius 3 is 2.48 bits per heavy atom. The van der Waals surface area contributed by atoms with E-state index in [-0.39, 0.29) is 11.6 Å². The van der Waals surface area contributed by atoms with Gasteiger partial charge >= 0.3 is 5.97 Å². The van der Waals surface area contributed by atoms with Gasteiger partial charge in [-0.05, 0) is 46.1 Å². The lowest BCUT2D eigenvalue weighted by atomic mass is 10.1. The van der Waals surface area contributed by atoms with Gasteiger partial charge in [0.2, 0.25) is 0 Å². The summed E-state index contributed by atoms with van der Waals surface area (Å²) in [6.45, 7) is 4.03. The van der Waals surface area contributed by atoms with Gasteiger partial charge in [0, 0.05) is 0 Å². The molecule has 0 aliphatic heterocycles. The van der Waals surface area contributed by atoms with Crippen molar-refractivity contribution in [1.29, 1.82) is 5.26 Å². The maximum Gasteiger partial charge on any atom is 0.359 e. The third-order valence-electron chi connectivity index (χ3n) is 3.03. The van der Waals surface area contributed by atoms with E-state index in [1.807, 2.05) is 13.8 Å². The van der Waals surface area contributed by atoms with Crippen molar-refractivity contribution in [3.8, 4) is 11.8 Å². The quantitative estimate of drug-likeness (QED) is 0.797. The highest BCUT2D eigenvalue weighted by atomic mass is 79.9. The highest BCUT2D eigenvalue weighted by molar-refractivity contribution is 9.10. The molecule has 0 spiro atoms. The van der Waals surface area contributed by atoms with Crippen molar-refractivity contribution in [2.75, 3.05) is 7.11 Å². The number of esters is 1. The molecule has 0 unspecified atom stereocenters. The van der Waals surface area contributed by atoms with Crippen LogP contribution in [0, 0.1) is 11.3 Å². The molecule has 0 aliphatic rings.